The number of aryl methyl sites for hydroxylation is 1. The Kier molecular flexibility index (Phi) is 5.71. The van der Waals surface area contributed by atoms with Gasteiger partial charge in [-0.15, -0.1) is 0 Å². The Morgan fingerprint density at radius 1 is 0.333 bits per heavy atom. The van der Waals surface area contributed by atoms with Gasteiger partial charge >= 0.3 is 0 Å². The van der Waals surface area contributed by atoms with Gasteiger partial charge in [0.25, 0.3) is 0 Å². The average Bonchev–Trinajstić information content (AvgIpc) is 3.51. The van der Waals surface area contributed by atoms with Gasteiger partial charge in [0.1, 0.15) is 0 Å². The smallest absolute Gasteiger partial charge is 0.0541 e. The molecule has 0 aliphatic carbocycles. The molecule has 0 bridgehead atoms. The summed E-state index contributed by atoms with van der Waals surface area (Å²) in [6.07, 6.45) is 0. The lowest BCUT2D eigenvalue weighted by Gasteiger charge is -2.07. The molecule has 0 fully saturated rings. The van der Waals surface area contributed by atoms with E-state index in [9.17, 15) is 0 Å². The molecule has 8 rings (SSSR count). The highest BCUT2D eigenvalue weighted by atomic mass is 15.0. The third-order valence-electron chi connectivity index (χ3n) is 7.44. The number of benzene rings is 6. The zero-order valence-corrected chi connectivity index (χ0v) is 21.8. The Morgan fingerprint density at radius 2 is 0.692 bits per heavy atom. The summed E-state index contributed by atoms with van der Waals surface area (Å²) >= 11 is 0. The summed E-state index contributed by atoms with van der Waals surface area (Å²) in [5.74, 6) is 0. The van der Waals surface area contributed by atoms with Crippen LogP contribution in [-0.4, -0.2) is 9.13 Å². The monoisotopic (exact) mass is 500 g/mol. The van der Waals surface area contributed by atoms with Crippen LogP contribution in [0, 0.1) is 6.92 Å². The van der Waals surface area contributed by atoms with Crippen LogP contribution in [0.2, 0.25) is 0 Å². The second-order valence-corrected chi connectivity index (χ2v) is 9.91. The van der Waals surface area contributed by atoms with Gasteiger partial charge in [0.2, 0.25) is 0 Å². The van der Waals surface area contributed by atoms with Gasteiger partial charge in [-0.3, -0.25) is 0 Å². The van der Waals surface area contributed by atoms with E-state index < -0.39 is 0 Å². The van der Waals surface area contributed by atoms with E-state index in [1.807, 2.05) is 0 Å². The highest BCUT2D eigenvalue weighted by Gasteiger charge is 2.12. The molecule has 186 valence electrons. The summed E-state index contributed by atoms with van der Waals surface area (Å²) in [5, 5.41) is 5.25. The molecule has 2 nitrogen and oxygen atoms in total. The molecule has 2 aromatic heterocycles. The summed E-state index contributed by atoms with van der Waals surface area (Å²) in [4.78, 5) is 0. The summed E-state index contributed by atoms with van der Waals surface area (Å²) in [6.45, 7) is 2.15. The summed E-state index contributed by atoms with van der Waals surface area (Å²) in [6, 6.07) is 53.5. The van der Waals surface area contributed by atoms with Crippen LogP contribution in [0.1, 0.15) is 5.56 Å². The Hall–Kier alpha value is -5.08. The maximum Gasteiger partial charge on any atom is 0.0541 e. The first kappa shape index (κ1) is 23.1. The van der Waals surface area contributed by atoms with Crippen molar-refractivity contribution in [1.29, 1.82) is 0 Å². The molecule has 2 heteroatoms. The van der Waals surface area contributed by atoms with Crippen LogP contribution in [0.5, 0.6) is 0 Å². The van der Waals surface area contributed by atoms with E-state index in [4.69, 9.17) is 0 Å². The fourth-order valence-corrected chi connectivity index (χ4v) is 5.72. The number of para-hydroxylation sites is 5. The highest BCUT2D eigenvalue weighted by molar-refractivity contribution is 6.10. The van der Waals surface area contributed by atoms with Gasteiger partial charge in [-0.2, -0.15) is 0 Å². The lowest BCUT2D eigenvalue weighted by molar-refractivity contribution is 1.18. The Bertz CT molecular complexity index is 2010. The zero-order chi connectivity index (χ0) is 26.2. The SMILES string of the molecule is Cc1ccc2c(c1)c1ccccc1n2-c1ccccc1.c1ccc(-n2c3ccccc3c3ccccc32)cc1. The molecular formula is C37H28N2. The van der Waals surface area contributed by atoms with Gasteiger partial charge in [-0.1, -0.05) is 103 Å². The van der Waals surface area contributed by atoms with E-state index in [-0.39, 0.29) is 0 Å². The number of rotatable bonds is 2. The van der Waals surface area contributed by atoms with Crippen molar-refractivity contribution in [3.8, 4) is 11.4 Å². The van der Waals surface area contributed by atoms with Crippen LogP contribution in [0.25, 0.3) is 55.0 Å². The molecule has 0 spiro atoms. The second-order valence-electron chi connectivity index (χ2n) is 9.91. The minimum absolute atomic E-state index is 1.21. The fourth-order valence-electron chi connectivity index (χ4n) is 5.72. The average molecular weight is 501 g/mol. The molecule has 0 N–H and O–H groups in total. The first-order chi connectivity index (χ1) is 19.3. The topological polar surface area (TPSA) is 9.86 Å². The Morgan fingerprint density at radius 3 is 1.15 bits per heavy atom. The van der Waals surface area contributed by atoms with Crippen LogP contribution in [-0.2, 0) is 0 Å². The van der Waals surface area contributed by atoms with Crippen molar-refractivity contribution in [2.45, 2.75) is 6.92 Å². The molecule has 0 aliphatic rings. The van der Waals surface area contributed by atoms with Crippen LogP contribution < -0.4 is 0 Å². The zero-order valence-electron chi connectivity index (χ0n) is 21.8. The van der Waals surface area contributed by atoms with Gasteiger partial charge < -0.3 is 9.13 Å². The quantitative estimate of drug-likeness (QED) is 0.223. The number of fused-ring (bicyclic) bond motifs is 6. The van der Waals surface area contributed by atoms with E-state index in [0.29, 0.717) is 0 Å². The molecule has 0 atom stereocenters. The first-order valence-corrected chi connectivity index (χ1v) is 13.4. The van der Waals surface area contributed by atoms with Crippen molar-refractivity contribution < 1.29 is 0 Å². The fraction of sp³-hybridized carbons (Fsp3) is 0.0270. The maximum absolute atomic E-state index is 2.34. The lowest BCUT2D eigenvalue weighted by Crippen LogP contribution is -1.92. The predicted molar refractivity (Wildman–Crippen MR) is 166 cm³/mol. The van der Waals surface area contributed by atoms with Crippen molar-refractivity contribution in [3.05, 3.63) is 157 Å². The van der Waals surface area contributed by atoms with E-state index >= 15 is 0 Å². The molecule has 0 aliphatic heterocycles. The Balaban J connectivity index is 0.000000130. The molecule has 0 radical (unpaired) electrons. The molecule has 39 heavy (non-hydrogen) atoms. The number of hydrogen-bond donors (Lipinski definition) is 0. The summed E-state index contributed by atoms with van der Waals surface area (Å²) in [7, 11) is 0. The van der Waals surface area contributed by atoms with Gasteiger partial charge in [-0.25, -0.2) is 0 Å². The number of aromatic nitrogens is 2. The molecule has 8 aromatic rings. The molecule has 0 saturated carbocycles. The van der Waals surface area contributed by atoms with Crippen molar-refractivity contribution in [2.75, 3.05) is 0 Å². The molecule has 2 heterocycles. The van der Waals surface area contributed by atoms with Crippen molar-refractivity contribution >= 4 is 43.6 Å². The molecule has 6 aromatic carbocycles. The van der Waals surface area contributed by atoms with Gasteiger partial charge in [0.15, 0.2) is 0 Å². The minimum Gasteiger partial charge on any atom is -0.309 e. The van der Waals surface area contributed by atoms with Gasteiger partial charge in [0.05, 0.1) is 22.1 Å². The predicted octanol–water partition coefficient (Wildman–Crippen LogP) is 9.88. The molecular weight excluding hydrogens is 472 g/mol. The summed E-state index contributed by atoms with van der Waals surface area (Å²) < 4.78 is 4.66. The number of hydrogen-bond acceptors (Lipinski definition) is 0. The van der Waals surface area contributed by atoms with Crippen molar-refractivity contribution in [1.82, 2.24) is 9.13 Å². The van der Waals surface area contributed by atoms with Gasteiger partial charge in [-0.05, 0) is 61.5 Å². The molecule has 0 saturated heterocycles. The number of nitrogens with zero attached hydrogens (tertiary/aromatic N) is 2. The minimum atomic E-state index is 1.21. The highest BCUT2D eigenvalue weighted by Crippen LogP contribution is 2.33. The standard InChI is InChI=1S/C19H15N.C18H13N/c1-14-11-12-19-17(13-14)16-9-5-6-10-18(16)20(19)15-7-3-2-4-8-15;1-2-8-14(9-3-1)19-17-12-6-4-10-15(17)16-11-5-7-13-18(16)19/h2-13H,1H3;1-13H. The van der Waals surface area contributed by atoms with Crippen LogP contribution in [0.15, 0.2) is 152 Å². The third kappa shape index (κ3) is 3.98. The third-order valence-corrected chi connectivity index (χ3v) is 7.44. The van der Waals surface area contributed by atoms with Crippen LogP contribution in [0.4, 0.5) is 0 Å². The van der Waals surface area contributed by atoms with E-state index in [2.05, 4.69) is 168 Å². The van der Waals surface area contributed by atoms with E-state index in [0.717, 1.165) is 0 Å². The van der Waals surface area contributed by atoms with E-state index in [1.165, 1.54) is 60.5 Å². The molecule has 0 unspecified atom stereocenters. The van der Waals surface area contributed by atoms with Crippen LogP contribution in [0.3, 0.4) is 0 Å². The maximum atomic E-state index is 2.34. The Labute approximate surface area is 228 Å². The second kappa shape index (κ2) is 9.66. The summed E-state index contributed by atoms with van der Waals surface area (Å²) in [5.41, 5.74) is 8.77. The largest absolute Gasteiger partial charge is 0.309 e. The van der Waals surface area contributed by atoms with E-state index in [1.54, 1.807) is 0 Å². The van der Waals surface area contributed by atoms with Crippen LogP contribution >= 0.6 is 0 Å². The van der Waals surface area contributed by atoms with Crippen molar-refractivity contribution in [2.24, 2.45) is 0 Å². The molecule has 0 amide bonds. The first-order valence-electron chi connectivity index (χ1n) is 13.4. The van der Waals surface area contributed by atoms with Gasteiger partial charge in [0, 0.05) is 32.9 Å². The lowest BCUT2D eigenvalue weighted by atomic mass is 10.1. The normalized spacial score (nSPS) is 11.2. The van der Waals surface area contributed by atoms with Crippen molar-refractivity contribution in [3.63, 3.8) is 0 Å².